The lowest BCUT2D eigenvalue weighted by atomic mass is 9.98. The SMILES string of the molecule is CCNC(c1cccc2c1OC(C)(C)C2)C(F)(F)F. The predicted molar refractivity (Wildman–Crippen MR) is 67.3 cm³/mol. The van der Waals surface area contributed by atoms with E-state index in [-0.39, 0.29) is 12.1 Å². The largest absolute Gasteiger partial charge is 0.487 e. The van der Waals surface area contributed by atoms with Crippen LogP contribution in [0.4, 0.5) is 13.2 Å². The van der Waals surface area contributed by atoms with Gasteiger partial charge in [-0.15, -0.1) is 0 Å². The van der Waals surface area contributed by atoms with Crippen LogP contribution in [0, 0.1) is 0 Å². The Balaban J connectivity index is 2.44. The molecule has 1 aromatic rings. The summed E-state index contributed by atoms with van der Waals surface area (Å²) in [7, 11) is 0. The van der Waals surface area contributed by atoms with Gasteiger partial charge >= 0.3 is 6.18 Å². The second kappa shape index (κ2) is 4.71. The summed E-state index contributed by atoms with van der Waals surface area (Å²) in [4.78, 5) is 0. The van der Waals surface area contributed by atoms with Crippen LogP contribution >= 0.6 is 0 Å². The predicted octanol–water partition coefficient (Wildman–Crippen LogP) is 3.61. The minimum Gasteiger partial charge on any atom is -0.487 e. The fourth-order valence-electron chi connectivity index (χ4n) is 2.47. The van der Waals surface area contributed by atoms with E-state index in [0.29, 0.717) is 12.2 Å². The Morgan fingerprint density at radius 3 is 2.63 bits per heavy atom. The fraction of sp³-hybridized carbons (Fsp3) is 0.571. The maximum atomic E-state index is 13.1. The van der Waals surface area contributed by atoms with Gasteiger partial charge in [0.15, 0.2) is 0 Å². The molecule has 1 aliphatic heterocycles. The van der Waals surface area contributed by atoms with Gasteiger partial charge in [-0.3, -0.25) is 0 Å². The lowest BCUT2D eigenvalue weighted by molar-refractivity contribution is -0.157. The monoisotopic (exact) mass is 273 g/mol. The van der Waals surface area contributed by atoms with Crippen LogP contribution in [0.1, 0.15) is 37.9 Å². The maximum Gasteiger partial charge on any atom is 0.408 e. The van der Waals surface area contributed by atoms with Crippen molar-refractivity contribution in [3.05, 3.63) is 29.3 Å². The van der Waals surface area contributed by atoms with Gasteiger partial charge in [0.2, 0.25) is 0 Å². The van der Waals surface area contributed by atoms with E-state index in [4.69, 9.17) is 4.74 Å². The molecule has 0 aliphatic carbocycles. The number of para-hydroxylation sites is 1. The Bertz CT molecular complexity index is 468. The summed E-state index contributed by atoms with van der Waals surface area (Å²) in [5, 5.41) is 2.49. The van der Waals surface area contributed by atoms with Crippen LogP contribution in [0.3, 0.4) is 0 Å². The molecular weight excluding hydrogens is 255 g/mol. The molecule has 2 nitrogen and oxygen atoms in total. The minimum absolute atomic E-state index is 0.178. The van der Waals surface area contributed by atoms with E-state index >= 15 is 0 Å². The van der Waals surface area contributed by atoms with Gasteiger partial charge in [0.05, 0.1) is 0 Å². The Morgan fingerprint density at radius 2 is 2.05 bits per heavy atom. The molecule has 0 aromatic heterocycles. The van der Waals surface area contributed by atoms with Gasteiger partial charge in [0.1, 0.15) is 17.4 Å². The van der Waals surface area contributed by atoms with E-state index < -0.39 is 17.8 Å². The van der Waals surface area contributed by atoms with Crippen LogP contribution in [0.5, 0.6) is 5.75 Å². The molecule has 2 rings (SSSR count). The second-order valence-corrected chi connectivity index (χ2v) is 5.41. The van der Waals surface area contributed by atoms with Gasteiger partial charge in [0.25, 0.3) is 0 Å². The smallest absolute Gasteiger partial charge is 0.408 e. The second-order valence-electron chi connectivity index (χ2n) is 5.41. The number of alkyl halides is 3. The van der Waals surface area contributed by atoms with E-state index in [1.807, 2.05) is 19.9 Å². The quantitative estimate of drug-likeness (QED) is 0.908. The highest BCUT2D eigenvalue weighted by Crippen LogP contribution is 2.44. The number of fused-ring (bicyclic) bond motifs is 1. The van der Waals surface area contributed by atoms with Crippen molar-refractivity contribution in [2.24, 2.45) is 0 Å². The highest BCUT2D eigenvalue weighted by atomic mass is 19.4. The van der Waals surface area contributed by atoms with Crippen LogP contribution in [0.25, 0.3) is 0 Å². The van der Waals surface area contributed by atoms with Crippen molar-refractivity contribution in [3.63, 3.8) is 0 Å². The zero-order valence-electron chi connectivity index (χ0n) is 11.3. The summed E-state index contributed by atoms with van der Waals surface area (Å²) < 4.78 is 45.1. The highest BCUT2D eigenvalue weighted by Gasteiger charge is 2.44. The molecule has 1 aromatic carbocycles. The van der Waals surface area contributed by atoms with Crippen molar-refractivity contribution in [3.8, 4) is 5.75 Å². The number of hydrogen-bond acceptors (Lipinski definition) is 2. The molecule has 0 saturated heterocycles. The molecule has 0 bridgehead atoms. The van der Waals surface area contributed by atoms with Crippen molar-refractivity contribution in [2.45, 2.75) is 45.0 Å². The first-order chi connectivity index (χ1) is 8.74. The van der Waals surface area contributed by atoms with Crippen molar-refractivity contribution < 1.29 is 17.9 Å². The van der Waals surface area contributed by atoms with Gasteiger partial charge in [-0.1, -0.05) is 25.1 Å². The first-order valence-electron chi connectivity index (χ1n) is 6.35. The van der Waals surface area contributed by atoms with Crippen LogP contribution < -0.4 is 10.1 Å². The van der Waals surface area contributed by atoms with Crippen molar-refractivity contribution >= 4 is 0 Å². The van der Waals surface area contributed by atoms with Gasteiger partial charge in [-0.05, 0) is 26.0 Å². The summed E-state index contributed by atoms with van der Waals surface area (Å²) in [6, 6.07) is 3.30. The molecule has 1 aliphatic rings. The number of ether oxygens (including phenoxy) is 1. The Labute approximate surface area is 111 Å². The molecule has 0 radical (unpaired) electrons. The normalized spacial score (nSPS) is 18.8. The molecule has 1 N–H and O–H groups in total. The van der Waals surface area contributed by atoms with E-state index in [0.717, 1.165) is 5.56 Å². The average Bonchev–Trinajstić information content (AvgIpc) is 2.58. The Hall–Kier alpha value is -1.23. The first kappa shape index (κ1) is 14.2. The van der Waals surface area contributed by atoms with Crippen molar-refractivity contribution in [1.82, 2.24) is 5.32 Å². The summed E-state index contributed by atoms with van der Waals surface area (Å²) in [5.41, 5.74) is 0.577. The van der Waals surface area contributed by atoms with Gasteiger partial charge in [-0.2, -0.15) is 13.2 Å². The van der Waals surface area contributed by atoms with Crippen molar-refractivity contribution in [1.29, 1.82) is 0 Å². The topological polar surface area (TPSA) is 21.3 Å². The number of nitrogens with one attached hydrogen (secondary N) is 1. The Morgan fingerprint density at radius 1 is 1.37 bits per heavy atom. The van der Waals surface area contributed by atoms with Gasteiger partial charge in [0, 0.05) is 12.0 Å². The number of hydrogen-bond donors (Lipinski definition) is 1. The molecule has 19 heavy (non-hydrogen) atoms. The molecule has 1 heterocycles. The summed E-state index contributed by atoms with van der Waals surface area (Å²) >= 11 is 0. The molecule has 0 saturated carbocycles. The third kappa shape index (κ3) is 2.86. The number of halogens is 3. The van der Waals surface area contributed by atoms with Crippen molar-refractivity contribution in [2.75, 3.05) is 6.54 Å². The third-order valence-corrected chi connectivity index (χ3v) is 3.17. The zero-order valence-corrected chi connectivity index (χ0v) is 11.3. The summed E-state index contributed by atoms with van der Waals surface area (Å²) in [5.74, 6) is 0.385. The third-order valence-electron chi connectivity index (χ3n) is 3.17. The van der Waals surface area contributed by atoms with E-state index in [1.165, 1.54) is 6.07 Å². The summed E-state index contributed by atoms with van der Waals surface area (Å²) in [6.07, 6.45) is -3.70. The lowest BCUT2D eigenvalue weighted by Gasteiger charge is -2.24. The zero-order chi connectivity index (χ0) is 14.3. The molecule has 1 unspecified atom stereocenters. The maximum absolute atomic E-state index is 13.1. The van der Waals surface area contributed by atoms with E-state index in [9.17, 15) is 13.2 Å². The molecular formula is C14H18F3NO. The molecule has 106 valence electrons. The molecule has 0 fully saturated rings. The van der Waals surface area contributed by atoms with E-state index in [2.05, 4.69) is 5.32 Å². The number of rotatable bonds is 3. The molecule has 0 spiro atoms. The molecule has 5 heteroatoms. The number of benzene rings is 1. The van der Waals surface area contributed by atoms with E-state index in [1.54, 1.807) is 13.0 Å². The van der Waals surface area contributed by atoms with Gasteiger partial charge in [-0.25, -0.2) is 0 Å². The fourth-order valence-corrected chi connectivity index (χ4v) is 2.47. The average molecular weight is 273 g/mol. The lowest BCUT2D eigenvalue weighted by Crippen LogP contribution is -2.34. The standard InChI is InChI=1S/C14H18F3NO/c1-4-18-12(14(15,16)17)10-7-5-6-9-8-13(2,3)19-11(9)10/h5-7,12,18H,4,8H2,1-3H3. The minimum atomic E-state index is -4.33. The van der Waals surface area contributed by atoms with Crippen LogP contribution in [-0.2, 0) is 6.42 Å². The van der Waals surface area contributed by atoms with Crippen LogP contribution in [0.15, 0.2) is 18.2 Å². The Kier molecular flexibility index (Phi) is 3.51. The van der Waals surface area contributed by atoms with Crippen LogP contribution in [-0.4, -0.2) is 18.3 Å². The van der Waals surface area contributed by atoms with Crippen LogP contribution in [0.2, 0.25) is 0 Å². The highest BCUT2D eigenvalue weighted by molar-refractivity contribution is 5.47. The molecule has 1 atom stereocenters. The summed E-state index contributed by atoms with van der Waals surface area (Å²) in [6.45, 7) is 5.67. The first-order valence-corrected chi connectivity index (χ1v) is 6.35. The molecule has 0 amide bonds. The van der Waals surface area contributed by atoms with Gasteiger partial charge < -0.3 is 10.1 Å².